The molecule has 1 aliphatic carbocycles. The molecule has 2 rings (SSSR count). The fourth-order valence-electron chi connectivity index (χ4n) is 1.42. The maximum Gasteiger partial charge on any atom is -1.00 e. The Morgan fingerprint density at radius 1 is 1.27 bits per heavy atom. The third-order valence-corrected chi connectivity index (χ3v) is 6.95. The van der Waals surface area contributed by atoms with Crippen molar-refractivity contribution in [3.63, 3.8) is 0 Å². The Bertz CT molecular complexity index is 380. The van der Waals surface area contributed by atoms with Gasteiger partial charge >= 0.3 is 90.2 Å². The van der Waals surface area contributed by atoms with Crippen LogP contribution in [0.2, 0.25) is 0 Å². The molecular weight excluding hydrogens is 282 g/mol. The molecule has 1 aromatic rings. The van der Waals surface area contributed by atoms with Crippen molar-refractivity contribution in [3.8, 4) is 0 Å². The van der Waals surface area contributed by atoms with Crippen molar-refractivity contribution < 1.29 is 44.0 Å². The van der Waals surface area contributed by atoms with Crippen molar-refractivity contribution in [2.45, 2.75) is 20.3 Å². The molecule has 0 N–H and O–H groups in total. The number of halogens is 2. The second-order valence-corrected chi connectivity index (χ2v) is 7.45. The van der Waals surface area contributed by atoms with Crippen molar-refractivity contribution in [2.75, 3.05) is 0 Å². The smallest absolute Gasteiger partial charge is 1.00 e. The summed E-state index contributed by atoms with van der Waals surface area (Å²) in [6.45, 7) is 4.52. The summed E-state index contributed by atoms with van der Waals surface area (Å²) >= 11 is 0.0510. The first kappa shape index (κ1) is 15.6. The van der Waals surface area contributed by atoms with E-state index in [-0.39, 0.29) is 44.0 Å². The zero-order valence-corrected chi connectivity index (χ0v) is 12.8. The molecular formula is C11H13Cl2PTi. The van der Waals surface area contributed by atoms with E-state index in [2.05, 4.69) is 37.9 Å². The Hall–Kier alpha value is 0.554. The van der Waals surface area contributed by atoms with E-state index in [0.717, 1.165) is 8.19 Å². The number of allylic oxidation sites excluding steroid dienone is 4. The number of hydrogen-bond acceptors (Lipinski definition) is 0. The predicted octanol–water partition coefficient (Wildman–Crippen LogP) is -3.11. The van der Waals surface area contributed by atoms with Crippen LogP contribution < -0.4 is 28.4 Å². The molecule has 0 aromatic carbocycles. The fourth-order valence-corrected chi connectivity index (χ4v) is 5.55. The first-order valence-electron chi connectivity index (χ1n) is 4.54. The van der Waals surface area contributed by atoms with Gasteiger partial charge in [0, 0.05) is 0 Å². The van der Waals surface area contributed by atoms with Gasteiger partial charge in [-0.25, -0.2) is 0 Å². The first-order chi connectivity index (χ1) is 6.27. The quantitative estimate of drug-likeness (QED) is 0.507. The first-order valence-corrected chi connectivity index (χ1v) is 7.18. The minimum Gasteiger partial charge on any atom is -1.00 e. The van der Waals surface area contributed by atoms with Gasteiger partial charge in [-0.1, -0.05) is 0 Å². The van der Waals surface area contributed by atoms with E-state index in [4.69, 9.17) is 0 Å². The third-order valence-electron chi connectivity index (χ3n) is 2.46. The summed E-state index contributed by atoms with van der Waals surface area (Å²) in [5.41, 5.74) is 3.11. The summed E-state index contributed by atoms with van der Waals surface area (Å²) < 4.78 is 3.47. The molecule has 1 atom stereocenters. The Morgan fingerprint density at radius 3 is 2.47 bits per heavy atom. The van der Waals surface area contributed by atoms with E-state index >= 15 is 0 Å². The SMILES string of the molecule is Cc1c[pH][c]([Ti+2][C]2=CC=CC2)c1C.[Cl-].[Cl-]. The van der Waals surface area contributed by atoms with Gasteiger partial charge in [0.05, 0.1) is 0 Å². The molecule has 0 spiro atoms. The number of aryl methyl sites for hydroxylation is 1. The van der Waals surface area contributed by atoms with Crippen LogP contribution in [0.25, 0.3) is 0 Å². The molecule has 15 heavy (non-hydrogen) atoms. The molecule has 0 saturated heterocycles. The van der Waals surface area contributed by atoms with Gasteiger partial charge in [0.25, 0.3) is 0 Å². The maximum absolute atomic E-state index is 2.40. The van der Waals surface area contributed by atoms with E-state index < -0.39 is 0 Å². The molecule has 0 aliphatic heterocycles. The van der Waals surface area contributed by atoms with Gasteiger partial charge in [-0.3, -0.25) is 0 Å². The van der Waals surface area contributed by atoms with Crippen molar-refractivity contribution in [2.24, 2.45) is 0 Å². The Kier molecular flexibility index (Phi) is 7.25. The molecule has 0 amide bonds. The zero-order valence-electron chi connectivity index (χ0n) is 8.77. The maximum atomic E-state index is 2.40. The van der Waals surface area contributed by atoms with Crippen LogP contribution >= 0.6 is 8.19 Å². The van der Waals surface area contributed by atoms with Crippen molar-refractivity contribution in [1.82, 2.24) is 0 Å². The minimum absolute atomic E-state index is 0. The summed E-state index contributed by atoms with van der Waals surface area (Å²) in [7, 11) is 0.992. The summed E-state index contributed by atoms with van der Waals surface area (Å²) in [6, 6.07) is 0. The number of rotatable bonds is 2. The predicted molar refractivity (Wildman–Crippen MR) is 56.9 cm³/mol. The minimum atomic E-state index is 0. The van der Waals surface area contributed by atoms with Gasteiger partial charge in [0.1, 0.15) is 0 Å². The number of hydrogen-bond donors (Lipinski definition) is 0. The van der Waals surface area contributed by atoms with Gasteiger partial charge in [-0.05, 0) is 0 Å². The molecule has 0 saturated carbocycles. The van der Waals surface area contributed by atoms with Crippen LogP contribution in [0.5, 0.6) is 0 Å². The van der Waals surface area contributed by atoms with Crippen LogP contribution in [-0.2, 0) is 19.2 Å². The van der Waals surface area contributed by atoms with Crippen molar-refractivity contribution in [3.05, 3.63) is 39.0 Å². The Labute approximate surface area is 114 Å². The molecule has 1 heterocycles. The van der Waals surface area contributed by atoms with E-state index in [1.165, 1.54) is 12.0 Å². The molecule has 80 valence electrons. The standard InChI is InChI=1S/C6H8P.C5H5.2ClH.Ti/c1-5-3-7-4-6(5)2;1-2-4-5-3-1;;;/h3,7H,1-2H3;1-3H,4H2;2*1H;/q;;;;+2/p-2. The molecule has 1 aromatic heterocycles. The van der Waals surface area contributed by atoms with Gasteiger partial charge in [0.2, 0.25) is 0 Å². The summed E-state index contributed by atoms with van der Waals surface area (Å²) in [6.07, 6.45) is 8.01. The van der Waals surface area contributed by atoms with E-state index in [1.54, 1.807) is 13.0 Å². The molecule has 4 heteroatoms. The fraction of sp³-hybridized carbons (Fsp3) is 0.273. The largest absolute Gasteiger partial charge is 1.00 e. The van der Waals surface area contributed by atoms with Crippen LogP contribution in [-0.4, -0.2) is 0 Å². The van der Waals surface area contributed by atoms with E-state index in [1.807, 2.05) is 0 Å². The van der Waals surface area contributed by atoms with Gasteiger partial charge < -0.3 is 24.8 Å². The van der Waals surface area contributed by atoms with Gasteiger partial charge in [0.15, 0.2) is 0 Å². The van der Waals surface area contributed by atoms with Crippen LogP contribution in [0.3, 0.4) is 0 Å². The van der Waals surface area contributed by atoms with Crippen molar-refractivity contribution in [1.29, 1.82) is 0 Å². The zero-order chi connectivity index (χ0) is 9.26. The second kappa shape index (κ2) is 6.99. The molecule has 0 fully saturated rings. The summed E-state index contributed by atoms with van der Waals surface area (Å²) in [5.74, 6) is 2.40. The Morgan fingerprint density at radius 2 is 2.00 bits per heavy atom. The summed E-state index contributed by atoms with van der Waals surface area (Å²) in [5, 5.41) is 0. The second-order valence-electron chi connectivity index (χ2n) is 3.42. The molecule has 1 unspecified atom stereocenters. The van der Waals surface area contributed by atoms with Crippen LogP contribution in [0, 0.1) is 13.8 Å². The Balaban J connectivity index is 0.000000980. The van der Waals surface area contributed by atoms with Gasteiger partial charge in [-0.15, -0.1) is 0 Å². The normalized spacial score (nSPS) is 13.1. The molecule has 0 nitrogen and oxygen atoms in total. The van der Waals surface area contributed by atoms with Gasteiger partial charge in [-0.2, -0.15) is 0 Å². The van der Waals surface area contributed by atoms with Crippen LogP contribution in [0.1, 0.15) is 17.5 Å². The topological polar surface area (TPSA) is 0 Å². The average molecular weight is 295 g/mol. The average Bonchev–Trinajstić information content (AvgIpc) is 2.71. The molecule has 1 aliphatic rings. The van der Waals surface area contributed by atoms with Crippen LogP contribution in [0.4, 0.5) is 0 Å². The van der Waals surface area contributed by atoms with Crippen LogP contribution in [0.15, 0.2) is 27.9 Å². The molecule has 0 bridgehead atoms. The third kappa shape index (κ3) is 3.80. The van der Waals surface area contributed by atoms with E-state index in [0.29, 0.717) is 0 Å². The van der Waals surface area contributed by atoms with E-state index in [9.17, 15) is 0 Å². The monoisotopic (exact) mass is 294 g/mol. The summed E-state index contributed by atoms with van der Waals surface area (Å²) in [4.78, 5) is 0. The molecule has 0 radical (unpaired) electrons. The van der Waals surface area contributed by atoms with Crippen molar-refractivity contribution >= 4 is 11.8 Å².